The van der Waals surface area contributed by atoms with Crippen LogP contribution in [0.4, 0.5) is 0 Å². The lowest BCUT2D eigenvalue weighted by Gasteiger charge is -2.09. The molecule has 0 fully saturated rings. The first-order valence-corrected chi connectivity index (χ1v) is 6.80. The van der Waals surface area contributed by atoms with Crippen LogP contribution in [0.2, 0.25) is 0 Å². The van der Waals surface area contributed by atoms with Crippen molar-refractivity contribution in [1.82, 2.24) is 0 Å². The fraction of sp³-hybridized carbons (Fsp3) is 0.625. The highest BCUT2D eigenvalue weighted by Crippen LogP contribution is 2.19. The average Bonchev–Trinajstić information content (AvgIpc) is 2.31. The summed E-state index contributed by atoms with van der Waals surface area (Å²) in [5.41, 5.74) is 9.42. The zero-order valence-electron chi connectivity index (χ0n) is 11.6. The summed E-state index contributed by atoms with van der Waals surface area (Å²) in [5.74, 6) is 0. The normalized spacial score (nSPS) is 10.2. The van der Waals surface area contributed by atoms with Crippen LogP contribution < -0.4 is 5.73 Å². The van der Waals surface area contributed by atoms with Gasteiger partial charge in [0.1, 0.15) is 0 Å². The van der Waals surface area contributed by atoms with E-state index < -0.39 is 0 Å². The molecular formula is C16H29N. The van der Waals surface area contributed by atoms with Crippen LogP contribution in [0.5, 0.6) is 0 Å². The molecule has 1 nitrogen and oxygen atoms in total. The zero-order chi connectivity index (χ0) is 13.1. The van der Waals surface area contributed by atoms with Gasteiger partial charge in [-0.25, -0.2) is 0 Å². The molecule has 0 aliphatic carbocycles. The van der Waals surface area contributed by atoms with E-state index in [4.69, 9.17) is 5.73 Å². The van der Waals surface area contributed by atoms with Crippen molar-refractivity contribution in [3.63, 3.8) is 0 Å². The van der Waals surface area contributed by atoms with Gasteiger partial charge in [-0.05, 0) is 51.5 Å². The summed E-state index contributed by atoms with van der Waals surface area (Å²) in [6.45, 7) is 15.2. The summed E-state index contributed by atoms with van der Waals surface area (Å²) in [4.78, 5) is 0. The first kappa shape index (κ1) is 16.2. The van der Waals surface area contributed by atoms with Crippen molar-refractivity contribution in [2.75, 3.05) is 6.54 Å². The molecule has 0 atom stereocenters. The van der Waals surface area contributed by atoms with Gasteiger partial charge in [0.05, 0.1) is 0 Å². The molecule has 0 saturated heterocycles. The Morgan fingerprint density at radius 3 is 1.59 bits per heavy atom. The third kappa shape index (κ3) is 10.1. The Labute approximate surface area is 107 Å². The van der Waals surface area contributed by atoms with Crippen LogP contribution in [0.25, 0.3) is 0 Å². The Hall–Kier alpha value is -0.820. The Balaban J connectivity index is 3.59. The predicted octanol–water partition coefficient (Wildman–Crippen LogP) is 4.75. The number of unbranched alkanes of at least 4 members (excludes halogenated alkanes) is 1. The minimum absolute atomic E-state index is 0.707. The number of nitrogens with two attached hydrogens (primary N) is 1. The minimum Gasteiger partial charge on any atom is -0.330 e. The van der Waals surface area contributed by atoms with E-state index in [-0.39, 0.29) is 0 Å². The van der Waals surface area contributed by atoms with Crippen LogP contribution in [0.15, 0.2) is 36.5 Å². The van der Waals surface area contributed by atoms with Gasteiger partial charge in [-0.3, -0.25) is 0 Å². The molecule has 0 spiro atoms. The van der Waals surface area contributed by atoms with Gasteiger partial charge in [-0.15, -0.1) is 0 Å². The summed E-state index contributed by atoms with van der Waals surface area (Å²) in [5, 5.41) is 0. The van der Waals surface area contributed by atoms with E-state index in [1.807, 2.05) is 0 Å². The van der Waals surface area contributed by atoms with E-state index in [2.05, 4.69) is 26.7 Å². The molecule has 0 aromatic carbocycles. The van der Waals surface area contributed by atoms with Crippen LogP contribution in [-0.2, 0) is 0 Å². The van der Waals surface area contributed by atoms with Crippen molar-refractivity contribution in [2.24, 2.45) is 5.73 Å². The second-order valence-electron chi connectivity index (χ2n) is 4.89. The lowest BCUT2D eigenvalue weighted by Crippen LogP contribution is -2.00. The molecule has 0 heterocycles. The van der Waals surface area contributed by atoms with E-state index >= 15 is 0 Å². The summed E-state index contributed by atoms with van der Waals surface area (Å²) < 4.78 is 0. The fourth-order valence-corrected chi connectivity index (χ4v) is 1.71. The molecule has 0 aromatic rings. The van der Waals surface area contributed by atoms with Crippen molar-refractivity contribution in [3.8, 4) is 0 Å². The fourth-order valence-electron chi connectivity index (χ4n) is 1.71. The molecule has 0 amide bonds. The Morgan fingerprint density at radius 1 is 0.765 bits per heavy atom. The Kier molecular flexibility index (Phi) is 9.84. The van der Waals surface area contributed by atoms with Crippen molar-refractivity contribution in [2.45, 2.75) is 58.3 Å². The van der Waals surface area contributed by atoms with Gasteiger partial charge in [0.2, 0.25) is 0 Å². The second-order valence-corrected chi connectivity index (χ2v) is 4.89. The van der Waals surface area contributed by atoms with Crippen LogP contribution >= 0.6 is 0 Å². The first-order chi connectivity index (χ1) is 8.10. The molecule has 0 saturated carbocycles. The predicted molar refractivity (Wildman–Crippen MR) is 79.1 cm³/mol. The lowest BCUT2D eigenvalue weighted by atomic mass is 9.98. The van der Waals surface area contributed by atoms with E-state index in [0.29, 0.717) is 6.54 Å². The van der Waals surface area contributed by atoms with Crippen molar-refractivity contribution >= 4 is 0 Å². The van der Waals surface area contributed by atoms with Gasteiger partial charge in [0, 0.05) is 0 Å². The molecule has 0 rings (SSSR count). The zero-order valence-corrected chi connectivity index (χ0v) is 11.6. The van der Waals surface area contributed by atoms with Crippen LogP contribution in [-0.4, -0.2) is 6.54 Å². The highest BCUT2D eigenvalue weighted by Gasteiger charge is 2.00. The number of hydrogen-bond acceptors (Lipinski definition) is 1. The minimum atomic E-state index is 0.707. The number of hydrogen-bond donors (Lipinski definition) is 1. The maximum absolute atomic E-state index is 5.49. The van der Waals surface area contributed by atoms with Crippen LogP contribution in [0.1, 0.15) is 58.3 Å². The van der Waals surface area contributed by atoms with E-state index in [0.717, 1.165) is 32.1 Å². The summed E-state index contributed by atoms with van der Waals surface area (Å²) >= 11 is 0. The maximum atomic E-state index is 5.49. The highest BCUT2D eigenvalue weighted by atomic mass is 14.5. The van der Waals surface area contributed by atoms with Gasteiger partial charge < -0.3 is 5.73 Å². The summed E-state index contributed by atoms with van der Waals surface area (Å²) in [7, 11) is 0. The van der Waals surface area contributed by atoms with Gasteiger partial charge in [0.25, 0.3) is 0 Å². The molecule has 0 radical (unpaired) electrons. The Morgan fingerprint density at radius 2 is 1.18 bits per heavy atom. The van der Waals surface area contributed by atoms with Gasteiger partial charge >= 0.3 is 0 Å². The second kappa shape index (κ2) is 10.3. The largest absolute Gasteiger partial charge is 0.330 e. The molecule has 0 bridgehead atoms. The number of allylic oxidation sites excluding steroid dienone is 2. The Bertz CT molecular complexity index is 250. The molecule has 0 aliphatic rings. The molecular weight excluding hydrogens is 206 g/mol. The quantitative estimate of drug-likeness (QED) is 0.514. The van der Waals surface area contributed by atoms with E-state index in [1.54, 1.807) is 0 Å². The average molecular weight is 235 g/mol. The van der Waals surface area contributed by atoms with Crippen molar-refractivity contribution < 1.29 is 0 Å². The van der Waals surface area contributed by atoms with Gasteiger partial charge in [-0.1, -0.05) is 49.8 Å². The smallest absolute Gasteiger partial charge is 0.00400 e. The molecule has 0 unspecified atom stereocenters. The first-order valence-electron chi connectivity index (χ1n) is 6.80. The molecule has 0 aromatic heterocycles. The van der Waals surface area contributed by atoms with Crippen molar-refractivity contribution in [3.05, 3.63) is 36.5 Å². The monoisotopic (exact) mass is 235 g/mol. The van der Waals surface area contributed by atoms with E-state index in [1.165, 1.54) is 36.0 Å². The molecule has 2 N–H and O–H groups in total. The molecule has 0 aliphatic heterocycles. The summed E-state index contributed by atoms with van der Waals surface area (Å²) in [6.07, 6.45) is 8.90. The van der Waals surface area contributed by atoms with E-state index in [9.17, 15) is 0 Å². The van der Waals surface area contributed by atoms with Crippen molar-refractivity contribution in [1.29, 1.82) is 0 Å². The SMILES string of the molecule is C=C(CCN)CCC(=C)CCC(=C)CCCC. The molecule has 1 heteroatoms. The summed E-state index contributed by atoms with van der Waals surface area (Å²) in [6, 6.07) is 0. The lowest BCUT2D eigenvalue weighted by molar-refractivity contribution is 0.736. The van der Waals surface area contributed by atoms with Crippen LogP contribution in [0, 0.1) is 0 Å². The van der Waals surface area contributed by atoms with Crippen LogP contribution in [0.3, 0.4) is 0 Å². The number of rotatable bonds is 11. The third-order valence-electron chi connectivity index (χ3n) is 3.05. The molecule has 98 valence electrons. The third-order valence-corrected chi connectivity index (χ3v) is 3.05. The standard InChI is InChI=1S/C16H29N/c1-5-6-7-14(2)8-9-15(3)10-11-16(4)12-13-17/h2-13,17H2,1H3. The van der Waals surface area contributed by atoms with Gasteiger partial charge in [-0.2, -0.15) is 0 Å². The molecule has 17 heavy (non-hydrogen) atoms. The maximum Gasteiger partial charge on any atom is -0.00400 e. The van der Waals surface area contributed by atoms with Gasteiger partial charge in [0.15, 0.2) is 0 Å². The topological polar surface area (TPSA) is 26.0 Å². The highest BCUT2D eigenvalue weighted by molar-refractivity contribution is 5.05.